The third kappa shape index (κ3) is 3.83. The van der Waals surface area contributed by atoms with E-state index in [-0.39, 0.29) is 23.3 Å². The van der Waals surface area contributed by atoms with E-state index in [1.165, 1.54) is 29.5 Å². The van der Waals surface area contributed by atoms with E-state index in [4.69, 9.17) is 9.15 Å². The molecule has 11 heteroatoms. The topological polar surface area (TPSA) is 133 Å². The number of aryl methyl sites for hydroxylation is 2. The van der Waals surface area contributed by atoms with Crippen LogP contribution in [0.15, 0.2) is 28.7 Å². The molecule has 0 saturated carbocycles. The first-order valence-electron chi connectivity index (χ1n) is 7.38. The molecule has 134 valence electrons. The van der Waals surface area contributed by atoms with Crippen LogP contribution in [0.3, 0.4) is 0 Å². The first-order chi connectivity index (χ1) is 12.4. The fraction of sp³-hybridized carbons (Fsp3) is 0.200. The summed E-state index contributed by atoms with van der Waals surface area (Å²) in [6.45, 7) is 3.24. The van der Waals surface area contributed by atoms with Gasteiger partial charge in [-0.2, -0.15) is 0 Å². The van der Waals surface area contributed by atoms with E-state index in [0.717, 1.165) is 15.6 Å². The summed E-state index contributed by atoms with van der Waals surface area (Å²) in [7, 11) is 0. The average Bonchev–Trinajstić information content (AvgIpc) is 3.19. The first-order valence-corrected chi connectivity index (χ1v) is 8.19. The lowest BCUT2D eigenvalue weighted by molar-refractivity contribution is -0.385. The molecule has 0 aliphatic carbocycles. The lowest BCUT2D eigenvalue weighted by Crippen LogP contribution is -2.20. The quantitative estimate of drug-likeness (QED) is 0.513. The van der Waals surface area contributed by atoms with E-state index in [9.17, 15) is 14.9 Å². The number of carbonyl (C=O) groups excluding carboxylic acids is 1. The molecule has 1 amide bonds. The molecule has 0 spiro atoms. The van der Waals surface area contributed by atoms with Crippen LogP contribution in [0.2, 0.25) is 0 Å². The summed E-state index contributed by atoms with van der Waals surface area (Å²) in [4.78, 5) is 27.3. The number of nitro benzene ring substituents is 1. The van der Waals surface area contributed by atoms with E-state index >= 15 is 0 Å². The molecule has 10 nitrogen and oxygen atoms in total. The predicted octanol–water partition coefficient (Wildman–Crippen LogP) is 2.74. The highest BCUT2D eigenvalue weighted by atomic mass is 32.1. The number of ether oxygens (including phenoxy) is 1. The highest BCUT2D eigenvalue weighted by Crippen LogP contribution is 2.29. The van der Waals surface area contributed by atoms with Crippen molar-refractivity contribution in [2.75, 3.05) is 11.9 Å². The summed E-state index contributed by atoms with van der Waals surface area (Å²) in [5, 5.41) is 21.8. The average molecular weight is 375 g/mol. The Morgan fingerprint density at radius 1 is 1.35 bits per heavy atom. The van der Waals surface area contributed by atoms with E-state index in [2.05, 4.69) is 20.5 Å². The van der Waals surface area contributed by atoms with Gasteiger partial charge in [0.15, 0.2) is 12.4 Å². The van der Waals surface area contributed by atoms with E-state index < -0.39 is 17.4 Å². The van der Waals surface area contributed by atoms with E-state index in [1.807, 2.05) is 13.8 Å². The van der Waals surface area contributed by atoms with Crippen molar-refractivity contribution in [3.8, 4) is 16.5 Å². The Kier molecular flexibility index (Phi) is 4.89. The summed E-state index contributed by atoms with van der Waals surface area (Å²) in [5.74, 6) is -0.340. The number of nitro groups is 1. The van der Waals surface area contributed by atoms with Crippen LogP contribution < -0.4 is 10.1 Å². The molecule has 1 N–H and O–H groups in total. The van der Waals surface area contributed by atoms with Crippen LogP contribution in [-0.2, 0) is 4.79 Å². The van der Waals surface area contributed by atoms with Gasteiger partial charge in [0.1, 0.15) is 4.88 Å². The summed E-state index contributed by atoms with van der Waals surface area (Å²) < 4.78 is 10.6. The lowest BCUT2D eigenvalue weighted by Gasteiger charge is -2.05. The van der Waals surface area contributed by atoms with Gasteiger partial charge in [0, 0.05) is 6.07 Å². The van der Waals surface area contributed by atoms with Gasteiger partial charge in [-0.3, -0.25) is 20.2 Å². The van der Waals surface area contributed by atoms with Crippen LogP contribution in [0, 0.1) is 24.0 Å². The number of rotatable bonds is 6. The Morgan fingerprint density at radius 2 is 2.12 bits per heavy atom. The number of anilines is 1. The van der Waals surface area contributed by atoms with E-state index in [0.29, 0.717) is 0 Å². The van der Waals surface area contributed by atoms with Gasteiger partial charge in [-0.25, -0.2) is 4.98 Å². The molecule has 1 aromatic carbocycles. The maximum atomic E-state index is 11.9. The smallest absolute Gasteiger partial charge is 0.322 e. The van der Waals surface area contributed by atoms with Crippen LogP contribution in [0.1, 0.15) is 10.7 Å². The third-order valence-electron chi connectivity index (χ3n) is 3.19. The SMILES string of the molecule is Cc1nc(C)c(-c2nnc(NC(=O)COc3ccccc3[N+](=O)[O-])o2)s1. The second kappa shape index (κ2) is 7.27. The molecule has 0 radical (unpaired) electrons. The number of para-hydroxylation sites is 2. The number of aromatic nitrogens is 3. The molecule has 3 rings (SSSR count). The highest BCUT2D eigenvalue weighted by Gasteiger charge is 2.18. The van der Waals surface area contributed by atoms with Crippen molar-refractivity contribution in [1.82, 2.24) is 15.2 Å². The Balaban J connectivity index is 1.63. The second-order valence-electron chi connectivity index (χ2n) is 5.12. The fourth-order valence-corrected chi connectivity index (χ4v) is 2.97. The maximum absolute atomic E-state index is 11.9. The van der Waals surface area contributed by atoms with Gasteiger partial charge in [-0.15, -0.1) is 16.4 Å². The third-order valence-corrected chi connectivity index (χ3v) is 4.25. The molecule has 0 atom stereocenters. The maximum Gasteiger partial charge on any atom is 0.322 e. The van der Waals surface area contributed by atoms with Crippen LogP contribution in [0.25, 0.3) is 10.8 Å². The molecular formula is C15H13N5O5S. The van der Waals surface area contributed by atoms with Crippen molar-refractivity contribution < 1.29 is 18.9 Å². The molecule has 0 aliphatic heterocycles. The molecule has 3 aromatic rings. The molecule has 2 aromatic heterocycles. The van der Waals surface area contributed by atoms with Gasteiger partial charge in [-0.1, -0.05) is 17.2 Å². The molecule has 2 heterocycles. The van der Waals surface area contributed by atoms with Crippen molar-refractivity contribution in [2.45, 2.75) is 13.8 Å². The molecule has 0 saturated heterocycles. The number of carbonyl (C=O) groups is 1. The largest absolute Gasteiger partial charge is 0.477 e. The zero-order valence-corrected chi connectivity index (χ0v) is 14.6. The van der Waals surface area contributed by atoms with Crippen LogP contribution in [0.4, 0.5) is 11.7 Å². The number of benzene rings is 1. The minimum absolute atomic E-state index is 0.00497. The Morgan fingerprint density at radius 3 is 2.81 bits per heavy atom. The molecular weight excluding hydrogens is 362 g/mol. The molecule has 0 aliphatic rings. The van der Waals surface area contributed by atoms with Crippen LogP contribution in [-0.4, -0.2) is 32.6 Å². The van der Waals surface area contributed by atoms with Crippen molar-refractivity contribution in [3.63, 3.8) is 0 Å². The highest BCUT2D eigenvalue weighted by molar-refractivity contribution is 7.15. The minimum atomic E-state index is -0.587. The number of hydrogen-bond donors (Lipinski definition) is 1. The number of amides is 1. The predicted molar refractivity (Wildman–Crippen MR) is 92.1 cm³/mol. The van der Waals surface area contributed by atoms with Gasteiger partial charge in [0.2, 0.25) is 0 Å². The molecule has 26 heavy (non-hydrogen) atoms. The van der Waals surface area contributed by atoms with Gasteiger partial charge in [0.25, 0.3) is 11.8 Å². The fourth-order valence-electron chi connectivity index (χ4n) is 2.12. The molecule has 0 bridgehead atoms. The number of nitrogens with zero attached hydrogens (tertiary/aromatic N) is 4. The van der Waals surface area contributed by atoms with Gasteiger partial charge < -0.3 is 9.15 Å². The van der Waals surface area contributed by atoms with Crippen LogP contribution in [0.5, 0.6) is 5.75 Å². The Bertz CT molecular complexity index is 967. The normalized spacial score (nSPS) is 10.5. The Labute approximate surface area is 151 Å². The van der Waals surface area contributed by atoms with Crippen LogP contribution >= 0.6 is 11.3 Å². The second-order valence-corrected chi connectivity index (χ2v) is 6.32. The zero-order valence-electron chi connectivity index (χ0n) is 13.8. The zero-order chi connectivity index (χ0) is 18.7. The van der Waals surface area contributed by atoms with E-state index in [1.54, 1.807) is 6.07 Å². The van der Waals surface area contributed by atoms with Crippen molar-refractivity contribution >= 4 is 28.9 Å². The number of thiazole rings is 1. The minimum Gasteiger partial charge on any atom is -0.477 e. The van der Waals surface area contributed by atoms with Gasteiger partial charge >= 0.3 is 11.7 Å². The summed E-state index contributed by atoms with van der Waals surface area (Å²) >= 11 is 1.40. The number of hydrogen-bond acceptors (Lipinski definition) is 9. The Hall–Kier alpha value is -3.34. The molecule has 0 fully saturated rings. The first kappa shape index (κ1) is 17.5. The van der Waals surface area contributed by atoms with Crippen molar-refractivity contribution in [2.24, 2.45) is 0 Å². The standard InChI is InChI=1S/C15H13N5O5S/c1-8-13(26-9(2)16-8)14-18-19-15(25-14)17-12(21)7-24-11-6-4-3-5-10(11)20(22)23/h3-6H,7H2,1-2H3,(H,17,19,21). The number of nitrogens with one attached hydrogen (secondary N) is 1. The van der Waals surface area contributed by atoms with Crippen molar-refractivity contribution in [1.29, 1.82) is 0 Å². The summed E-state index contributed by atoms with van der Waals surface area (Å²) in [5.41, 5.74) is 0.533. The van der Waals surface area contributed by atoms with Crippen molar-refractivity contribution in [3.05, 3.63) is 45.1 Å². The van der Waals surface area contributed by atoms with Gasteiger partial charge in [0.05, 0.1) is 15.6 Å². The summed E-state index contributed by atoms with van der Waals surface area (Å²) in [6, 6.07) is 5.68. The monoisotopic (exact) mass is 375 g/mol. The molecule has 0 unspecified atom stereocenters. The summed E-state index contributed by atoms with van der Waals surface area (Å²) in [6.07, 6.45) is 0. The van der Waals surface area contributed by atoms with Gasteiger partial charge in [-0.05, 0) is 19.9 Å². The lowest BCUT2D eigenvalue weighted by atomic mass is 10.3.